The lowest BCUT2D eigenvalue weighted by molar-refractivity contribution is -0.141. The monoisotopic (exact) mass is 421 g/mol. The lowest BCUT2D eigenvalue weighted by atomic mass is 10.3. The highest BCUT2D eigenvalue weighted by molar-refractivity contribution is 7.92. The third-order valence-electron chi connectivity index (χ3n) is 4.12. The van der Waals surface area contributed by atoms with Crippen molar-refractivity contribution in [2.24, 2.45) is 0 Å². The molecule has 29 heavy (non-hydrogen) atoms. The topological polar surface area (TPSA) is 91.4 Å². The predicted molar refractivity (Wildman–Crippen MR) is 106 cm³/mol. The number of rotatable bonds is 8. The van der Waals surface area contributed by atoms with E-state index in [-0.39, 0.29) is 11.5 Å². The molecule has 0 spiro atoms. The minimum absolute atomic E-state index is 0.0140. The van der Waals surface area contributed by atoms with Crippen molar-refractivity contribution < 1.29 is 32.2 Å². The molecule has 1 aliphatic rings. The second kappa shape index (κ2) is 9.04. The van der Waals surface area contributed by atoms with E-state index in [1.807, 2.05) is 6.92 Å². The number of fused-ring (bicyclic) bond motifs is 1. The van der Waals surface area contributed by atoms with Gasteiger partial charge in [-0.1, -0.05) is 0 Å². The Morgan fingerprint density at radius 2 is 1.69 bits per heavy atom. The first-order chi connectivity index (χ1) is 14.0. The average Bonchev–Trinajstić information content (AvgIpc) is 2.73. The molecule has 0 N–H and O–H groups in total. The molecule has 8 nitrogen and oxygen atoms in total. The molecule has 0 aromatic heterocycles. The number of carbonyl (C=O) groups is 1. The third kappa shape index (κ3) is 4.73. The van der Waals surface area contributed by atoms with Crippen molar-refractivity contribution in [3.8, 4) is 17.2 Å². The Labute approximate surface area is 170 Å². The Hall–Kier alpha value is -2.94. The average molecular weight is 421 g/mol. The van der Waals surface area contributed by atoms with Gasteiger partial charge in [-0.15, -0.1) is 0 Å². The van der Waals surface area contributed by atoms with Crippen LogP contribution in [0.2, 0.25) is 0 Å². The number of nitrogens with zero attached hydrogens (tertiary/aromatic N) is 1. The lowest BCUT2D eigenvalue weighted by Gasteiger charge is -2.25. The van der Waals surface area contributed by atoms with E-state index < -0.39 is 22.5 Å². The van der Waals surface area contributed by atoms with Crippen molar-refractivity contribution in [1.29, 1.82) is 0 Å². The Morgan fingerprint density at radius 1 is 1.00 bits per heavy atom. The summed E-state index contributed by atoms with van der Waals surface area (Å²) in [7, 11) is -4.07. The molecule has 0 aliphatic carbocycles. The molecule has 1 aliphatic heterocycles. The molecule has 3 rings (SSSR count). The SMILES string of the molecule is CCOC(=O)CN(c1ccc(OCC)cc1)S(=O)(=O)c1ccc2c(c1)OCCO2. The highest BCUT2D eigenvalue weighted by Gasteiger charge is 2.29. The maximum absolute atomic E-state index is 13.4. The van der Waals surface area contributed by atoms with Gasteiger partial charge in [0.2, 0.25) is 0 Å². The molecule has 9 heteroatoms. The molecule has 0 unspecified atom stereocenters. The molecular weight excluding hydrogens is 398 g/mol. The molecule has 0 amide bonds. The largest absolute Gasteiger partial charge is 0.494 e. The number of hydrogen-bond acceptors (Lipinski definition) is 7. The highest BCUT2D eigenvalue weighted by Crippen LogP contribution is 2.34. The Morgan fingerprint density at radius 3 is 2.34 bits per heavy atom. The summed E-state index contributed by atoms with van der Waals surface area (Å²) in [4.78, 5) is 12.1. The minimum atomic E-state index is -4.07. The summed E-state index contributed by atoms with van der Waals surface area (Å²) in [6.07, 6.45) is 0. The maximum atomic E-state index is 13.4. The van der Waals surface area contributed by atoms with Crippen LogP contribution in [0.3, 0.4) is 0 Å². The second-order valence-corrected chi connectivity index (χ2v) is 7.91. The van der Waals surface area contributed by atoms with Gasteiger partial charge in [0, 0.05) is 6.07 Å². The van der Waals surface area contributed by atoms with Crippen LogP contribution < -0.4 is 18.5 Å². The van der Waals surface area contributed by atoms with Crippen LogP contribution in [-0.2, 0) is 19.6 Å². The van der Waals surface area contributed by atoms with E-state index >= 15 is 0 Å². The van der Waals surface area contributed by atoms with Crippen LogP contribution in [0.5, 0.6) is 17.2 Å². The van der Waals surface area contributed by atoms with Crippen LogP contribution in [0, 0.1) is 0 Å². The van der Waals surface area contributed by atoms with E-state index in [1.54, 1.807) is 37.3 Å². The predicted octanol–water partition coefficient (Wildman–Crippen LogP) is 2.61. The highest BCUT2D eigenvalue weighted by atomic mass is 32.2. The number of ether oxygens (including phenoxy) is 4. The zero-order valence-corrected chi connectivity index (χ0v) is 17.1. The van der Waals surface area contributed by atoms with E-state index in [2.05, 4.69) is 0 Å². The minimum Gasteiger partial charge on any atom is -0.494 e. The molecule has 156 valence electrons. The number of carbonyl (C=O) groups excluding carboxylic acids is 1. The molecule has 1 heterocycles. The first kappa shape index (κ1) is 20.8. The van der Waals surface area contributed by atoms with Crippen molar-refractivity contribution >= 4 is 21.7 Å². The van der Waals surface area contributed by atoms with Crippen LogP contribution in [0.15, 0.2) is 47.4 Å². The van der Waals surface area contributed by atoms with Gasteiger partial charge in [-0.3, -0.25) is 9.10 Å². The van der Waals surface area contributed by atoms with Gasteiger partial charge in [0.05, 0.1) is 23.8 Å². The van der Waals surface area contributed by atoms with Gasteiger partial charge in [0.15, 0.2) is 11.5 Å². The lowest BCUT2D eigenvalue weighted by Crippen LogP contribution is -2.36. The maximum Gasteiger partial charge on any atom is 0.326 e. The van der Waals surface area contributed by atoms with Gasteiger partial charge in [-0.2, -0.15) is 0 Å². The summed E-state index contributed by atoms with van der Waals surface area (Å²) in [5.74, 6) is 0.778. The van der Waals surface area contributed by atoms with E-state index in [1.165, 1.54) is 12.1 Å². The molecule has 0 saturated carbocycles. The number of anilines is 1. The van der Waals surface area contributed by atoms with Gasteiger partial charge in [-0.05, 0) is 50.2 Å². The summed E-state index contributed by atoms with van der Waals surface area (Å²) in [5, 5.41) is 0. The molecule has 0 fully saturated rings. The zero-order valence-electron chi connectivity index (χ0n) is 16.3. The number of hydrogen-bond donors (Lipinski definition) is 0. The molecule has 0 radical (unpaired) electrons. The molecule has 0 saturated heterocycles. The van der Waals surface area contributed by atoms with Crippen molar-refractivity contribution in [2.45, 2.75) is 18.7 Å². The summed E-state index contributed by atoms with van der Waals surface area (Å²) < 4.78 is 49.0. The summed E-state index contributed by atoms with van der Waals surface area (Å²) in [5.41, 5.74) is 0.316. The van der Waals surface area contributed by atoms with E-state index in [0.29, 0.717) is 42.8 Å². The fraction of sp³-hybridized carbons (Fsp3) is 0.350. The van der Waals surface area contributed by atoms with Crippen molar-refractivity contribution in [3.05, 3.63) is 42.5 Å². The third-order valence-corrected chi connectivity index (χ3v) is 5.89. The van der Waals surface area contributed by atoms with Crippen molar-refractivity contribution in [1.82, 2.24) is 0 Å². The van der Waals surface area contributed by atoms with Gasteiger partial charge in [-0.25, -0.2) is 8.42 Å². The summed E-state index contributed by atoms with van der Waals surface area (Å²) >= 11 is 0. The number of esters is 1. The smallest absolute Gasteiger partial charge is 0.326 e. The molecule has 0 atom stereocenters. The Kier molecular flexibility index (Phi) is 6.48. The molecule has 0 bridgehead atoms. The Bertz CT molecular complexity index is 957. The van der Waals surface area contributed by atoms with Gasteiger partial charge >= 0.3 is 5.97 Å². The van der Waals surface area contributed by atoms with E-state index in [9.17, 15) is 13.2 Å². The van der Waals surface area contributed by atoms with Crippen LogP contribution in [0.1, 0.15) is 13.8 Å². The first-order valence-electron chi connectivity index (χ1n) is 9.26. The van der Waals surface area contributed by atoms with Crippen LogP contribution in [-0.4, -0.2) is 47.4 Å². The molecular formula is C20H23NO7S. The van der Waals surface area contributed by atoms with Crippen molar-refractivity contribution in [2.75, 3.05) is 37.3 Å². The van der Waals surface area contributed by atoms with Crippen molar-refractivity contribution in [3.63, 3.8) is 0 Å². The normalized spacial score (nSPS) is 12.9. The second-order valence-electron chi connectivity index (χ2n) is 6.05. The zero-order chi connectivity index (χ0) is 20.9. The van der Waals surface area contributed by atoms with E-state index in [0.717, 1.165) is 4.31 Å². The van der Waals surface area contributed by atoms with Crippen LogP contribution >= 0.6 is 0 Å². The summed E-state index contributed by atoms with van der Waals surface area (Å²) in [6, 6.07) is 10.8. The summed E-state index contributed by atoms with van der Waals surface area (Å²) in [6.45, 7) is 4.43. The number of benzene rings is 2. The van der Waals surface area contributed by atoms with Gasteiger partial charge in [0.1, 0.15) is 25.5 Å². The molecule has 2 aromatic rings. The molecule has 2 aromatic carbocycles. The quantitative estimate of drug-likeness (QED) is 0.605. The van der Waals surface area contributed by atoms with Crippen LogP contribution in [0.25, 0.3) is 0 Å². The number of sulfonamides is 1. The fourth-order valence-corrected chi connectivity index (χ4v) is 4.25. The first-order valence-corrected chi connectivity index (χ1v) is 10.7. The van der Waals surface area contributed by atoms with Gasteiger partial charge in [0.25, 0.3) is 10.0 Å². The Balaban J connectivity index is 1.98. The van der Waals surface area contributed by atoms with Crippen LogP contribution in [0.4, 0.5) is 5.69 Å². The standard InChI is InChI=1S/C20H23NO7S/c1-3-25-16-7-5-15(6-8-16)21(14-20(22)26-4-2)29(23,24)17-9-10-18-19(13-17)28-12-11-27-18/h5-10,13H,3-4,11-12,14H2,1-2H3. The van der Waals surface area contributed by atoms with E-state index in [4.69, 9.17) is 18.9 Å². The fourth-order valence-electron chi connectivity index (χ4n) is 2.83. The van der Waals surface area contributed by atoms with Gasteiger partial charge < -0.3 is 18.9 Å².